The van der Waals surface area contributed by atoms with Gasteiger partial charge in [-0.1, -0.05) is 12.1 Å². The predicted molar refractivity (Wildman–Crippen MR) is 117 cm³/mol. The van der Waals surface area contributed by atoms with E-state index in [-0.39, 0.29) is 18.3 Å². The zero-order valence-electron chi connectivity index (χ0n) is 16.9. The van der Waals surface area contributed by atoms with Gasteiger partial charge in [0.15, 0.2) is 0 Å². The summed E-state index contributed by atoms with van der Waals surface area (Å²) >= 11 is 3.45. The highest BCUT2D eigenvalue weighted by molar-refractivity contribution is 9.10. The Bertz CT molecular complexity index is 1060. The molecule has 0 aliphatic rings. The fourth-order valence-corrected chi connectivity index (χ4v) is 3.03. The van der Waals surface area contributed by atoms with E-state index < -0.39 is 0 Å². The molecule has 0 radical (unpaired) electrons. The number of halogens is 2. The maximum Gasteiger partial charge on any atom is 0.261 e. The molecule has 0 aliphatic carbocycles. The van der Waals surface area contributed by atoms with E-state index in [2.05, 4.69) is 31.6 Å². The number of aromatic nitrogens is 2. The molecule has 1 aromatic heterocycles. The lowest BCUT2D eigenvalue weighted by molar-refractivity contribution is -0.121. The number of hydrazone groups is 1. The minimum absolute atomic E-state index is 0.0885. The van der Waals surface area contributed by atoms with E-state index in [4.69, 9.17) is 4.74 Å². The van der Waals surface area contributed by atoms with Gasteiger partial charge in [-0.3, -0.25) is 9.48 Å². The second kappa shape index (κ2) is 9.67. The van der Waals surface area contributed by atoms with E-state index in [1.807, 2.05) is 45.0 Å². The largest absolute Gasteiger partial charge is 0.489 e. The Kier molecular flexibility index (Phi) is 6.99. The van der Waals surface area contributed by atoms with Crippen LogP contribution in [0.2, 0.25) is 0 Å². The first kappa shape index (κ1) is 21.7. The maximum absolute atomic E-state index is 12.9. The molecule has 156 valence electrons. The Morgan fingerprint density at radius 3 is 2.43 bits per heavy atom. The van der Waals surface area contributed by atoms with Gasteiger partial charge in [-0.25, -0.2) is 9.82 Å². The van der Waals surface area contributed by atoms with Crippen molar-refractivity contribution in [2.24, 2.45) is 5.10 Å². The van der Waals surface area contributed by atoms with E-state index >= 15 is 0 Å². The first-order valence-corrected chi connectivity index (χ1v) is 10.1. The van der Waals surface area contributed by atoms with Crippen LogP contribution in [-0.2, 0) is 17.9 Å². The van der Waals surface area contributed by atoms with Crippen molar-refractivity contribution in [3.8, 4) is 5.75 Å². The summed E-state index contributed by atoms with van der Waals surface area (Å²) in [5.41, 5.74) is 6.70. The molecule has 0 spiro atoms. The van der Waals surface area contributed by atoms with Gasteiger partial charge in [0, 0.05) is 0 Å². The van der Waals surface area contributed by atoms with Crippen LogP contribution in [0.5, 0.6) is 5.75 Å². The van der Waals surface area contributed by atoms with Gasteiger partial charge in [0.25, 0.3) is 5.91 Å². The number of carbonyl (C=O) groups is 1. The minimum atomic E-state index is -0.271. The van der Waals surface area contributed by atoms with E-state index in [1.165, 1.54) is 12.1 Å². The maximum atomic E-state index is 12.9. The molecule has 30 heavy (non-hydrogen) atoms. The average molecular weight is 473 g/mol. The molecule has 0 bridgehead atoms. The van der Waals surface area contributed by atoms with Crippen LogP contribution in [0, 0.1) is 19.7 Å². The average Bonchev–Trinajstić information content (AvgIpc) is 2.98. The Hall–Kier alpha value is -3.00. The number of ether oxygens (including phenoxy) is 1. The molecule has 0 atom stereocenters. The molecule has 0 saturated heterocycles. The Morgan fingerprint density at radius 1 is 1.17 bits per heavy atom. The first-order chi connectivity index (χ1) is 14.3. The highest BCUT2D eigenvalue weighted by Gasteiger charge is 2.11. The number of benzene rings is 2. The van der Waals surface area contributed by atoms with E-state index in [0.29, 0.717) is 18.1 Å². The van der Waals surface area contributed by atoms with Crippen LogP contribution in [0.4, 0.5) is 4.39 Å². The molecule has 3 aromatic rings. The topological polar surface area (TPSA) is 68.5 Å². The molecule has 0 saturated carbocycles. The lowest BCUT2D eigenvalue weighted by Gasteiger charge is -2.08. The third-order valence-corrected chi connectivity index (χ3v) is 5.67. The van der Waals surface area contributed by atoms with Crippen LogP contribution in [-0.4, -0.2) is 21.4 Å². The molecule has 6 nitrogen and oxygen atoms in total. The third kappa shape index (κ3) is 5.54. The number of aryl methyl sites for hydroxylation is 1. The van der Waals surface area contributed by atoms with Gasteiger partial charge in [0.2, 0.25) is 0 Å². The number of nitrogens with one attached hydrogen (secondary N) is 1. The quantitative estimate of drug-likeness (QED) is 0.405. The Balaban J connectivity index is 1.54. The zero-order chi connectivity index (χ0) is 21.7. The number of hydrogen-bond acceptors (Lipinski definition) is 4. The van der Waals surface area contributed by atoms with Gasteiger partial charge in [-0.15, -0.1) is 0 Å². The number of rotatable bonds is 7. The molecular weight excluding hydrogens is 451 g/mol. The second-order valence-corrected chi connectivity index (χ2v) is 7.61. The fraction of sp³-hybridized carbons (Fsp3) is 0.227. The van der Waals surface area contributed by atoms with Crippen molar-refractivity contribution in [3.63, 3.8) is 0 Å². The molecule has 3 rings (SSSR count). The van der Waals surface area contributed by atoms with Crippen molar-refractivity contribution >= 4 is 27.5 Å². The first-order valence-electron chi connectivity index (χ1n) is 9.34. The van der Waals surface area contributed by atoms with Crippen molar-refractivity contribution in [2.45, 2.75) is 33.9 Å². The zero-order valence-corrected chi connectivity index (χ0v) is 18.5. The van der Waals surface area contributed by atoms with Crippen LogP contribution in [0.15, 0.2) is 58.1 Å². The number of hydrogen-bond donors (Lipinski definition) is 1. The predicted octanol–water partition coefficient (Wildman–Crippen LogP) is 4.52. The molecule has 2 aromatic carbocycles. The molecule has 1 amide bonds. The lowest BCUT2D eigenvalue weighted by atomic mass is 10.1. The van der Waals surface area contributed by atoms with E-state index in [0.717, 1.165) is 27.0 Å². The van der Waals surface area contributed by atoms with Crippen LogP contribution >= 0.6 is 15.9 Å². The van der Waals surface area contributed by atoms with Gasteiger partial charge in [0.1, 0.15) is 24.7 Å². The van der Waals surface area contributed by atoms with Gasteiger partial charge in [-0.05, 0) is 84.2 Å². The summed E-state index contributed by atoms with van der Waals surface area (Å²) in [4.78, 5) is 12.2. The number of amides is 1. The normalized spacial score (nSPS) is 11.4. The summed E-state index contributed by atoms with van der Waals surface area (Å²) in [5, 5.41) is 8.49. The number of nitrogens with zero attached hydrogens (tertiary/aromatic N) is 3. The highest BCUT2D eigenvalue weighted by atomic mass is 79.9. The van der Waals surface area contributed by atoms with E-state index in [1.54, 1.807) is 16.8 Å². The summed E-state index contributed by atoms with van der Waals surface area (Å²) in [6, 6.07) is 13.6. The number of carbonyl (C=O) groups excluding carboxylic acids is 1. The molecule has 0 fully saturated rings. The Labute approximate surface area is 182 Å². The Morgan fingerprint density at radius 2 is 1.83 bits per heavy atom. The fourth-order valence-electron chi connectivity index (χ4n) is 2.75. The van der Waals surface area contributed by atoms with Gasteiger partial charge < -0.3 is 4.74 Å². The van der Waals surface area contributed by atoms with E-state index in [9.17, 15) is 9.18 Å². The van der Waals surface area contributed by atoms with Crippen molar-refractivity contribution in [1.29, 1.82) is 0 Å². The SMILES string of the molecule is C/C(=N\NC(=O)Cn1nc(C)c(Br)c1C)c1ccc(OCc2ccc(F)cc2)cc1. The summed E-state index contributed by atoms with van der Waals surface area (Å²) in [7, 11) is 0. The molecule has 8 heteroatoms. The van der Waals surface area contributed by atoms with Crippen LogP contribution in [0.1, 0.15) is 29.4 Å². The molecule has 0 unspecified atom stereocenters. The van der Waals surface area contributed by atoms with Gasteiger partial charge in [-0.2, -0.15) is 10.2 Å². The monoisotopic (exact) mass is 472 g/mol. The molecule has 1 N–H and O–H groups in total. The van der Waals surface area contributed by atoms with Gasteiger partial charge >= 0.3 is 0 Å². The lowest BCUT2D eigenvalue weighted by Crippen LogP contribution is -2.25. The van der Waals surface area contributed by atoms with Gasteiger partial charge in [0.05, 0.1) is 21.6 Å². The molecule has 1 heterocycles. The summed E-state index contributed by atoms with van der Waals surface area (Å²) in [6.07, 6.45) is 0. The molecule has 0 aliphatic heterocycles. The van der Waals surface area contributed by atoms with Crippen LogP contribution in [0.3, 0.4) is 0 Å². The molecular formula is C22H22BrFN4O2. The smallest absolute Gasteiger partial charge is 0.261 e. The summed E-state index contributed by atoms with van der Waals surface area (Å²) in [6.45, 7) is 6.03. The summed E-state index contributed by atoms with van der Waals surface area (Å²) < 4.78 is 21.2. The van der Waals surface area contributed by atoms with Crippen molar-refractivity contribution < 1.29 is 13.9 Å². The van der Waals surface area contributed by atoms with Crippen molar-refractivity contribution in [3.05, 3.63) is 81.3 Å². The third-order valence-electron chi connectivity index (χ3n) is 4.53. The van der Waals surface area contributed by atoms with Crippen LogP contribution in [0.25, 0.3) is 0 Å². The minimum Gasteiger partial charge on any atom is -0.489 e. The summed E-state index contributed by atoms with van der Waals surface area (Å²) in [5.74, 6) is 0.161. The van der Waals surface area contributed by atoms with Crippen molar-refractivity contribution in [1.82, 2.24) is 15.2 Å². The second-order valence-electron chi connectivity index (χ2n) is 6.81. The highest BCUT2D eigenvalue weighted by Crippen LogP contribution is 2.19. The standard InChI is InChI=1S/C22H22BrFN4O2/c1-14(25-26-21(29)12-28-16(3)22(23)15(2)27-28)18-6-10-20(11-7-18)30-13-17-4-8-19(24)9-5-17/h4-11H,12-13H2,1-3H3,(H,26,29)/b25-14+. The van der Waals surface area contributed by atoms with Crippen LogP contribution < -0.4 is 10.2 Å². The van der Waals surface area contributed by atoms with Crippen molar-refractivity contribution in [2.75, 3.05) is 0 Å².